The van der Waals surface area contributed by atoms with E-state index in [9.17, 15) is 4.79 Å². The number of carbonyl (C=O) groups is 1. The van der Waals surface area contributed by atoms with Gasteiger partial charge >= 0.3 is 6.03 Å². The largest absolute Gasteiger partial charge is 0.496 e. The van der Waals surface area contributed by atoms with Crippen LogP contribution in [0.3, 0.4) is 0 Å². The molecule has 1 aliphatic rings. The van der Waals surface area contributed by atoms with Gasteiger partial charge in [0, 0.05) is 45.4 Å². The average Bonchev–Trinajstić information content (AvgIpc) is 2.61. The van der Waals surface area contributed by atoms with Crippen LogP contribution in [-0.2, 0) is 11.2 Å². The van der Waals surface area contributed by atoms with Gasteiger partial charge in [-0.3, -0.25) is 4.90 Å². The monoisotopic (exact) mass is 349 g/mol. The number of nitrogens with zero attached hydrogens (tertiary/aromatic N) is 2. The molecule has 1 fully saturated rings. The number of urea groups is 1. The quantitative estimate of drug-likeness (QED) is 0.818. The molecule has 1 aromatic rings. The Morgan fingerprint density at radius 3 is 2.52 bits per heavy atom. The van der Waals surface area contributed by atoms with E-state index in [-0.39, 0.29) is 6.03 Å². The van der Waals surface area contributed by atoms with E-state index in [1.54, 1.807) is 14.2 Å². The molecule has 0 saturated carbocycles. The smallest absolute Gasteiger partial charge is 0.317 e. The first-order valence-electron chi connectivity index (χ1n) is 8.96. The maximum absolute atomic E-state index is 12.5. The summed E-state index contributed by atoms with van der Waals surface area (Å²) in [6.45, 7) is 8.05. The zero-order valence-electron chi connectivity index (χ0n) is 15.8. The molecule has 0 bridgehead atoms. The Morgan fingerprint density at radius 2 is 1.88 bits per heavy atom. The molecule has 6 heteroatoms. The zero-order chi connectivity index (χ0) is 18.2. The Balaban J connectivity index is 1.81. The molecule has 0 aliphatic carbocycles. The summed E-state index contributed by atoms with van der Waals surface area (Å²) >= 11 is 0. The summed E-state index contributed by atoms with van der Waals surface area (Å²) in [7, 11) is 3.39. The second-order valence-electron chi connectivity index (χ2n) is 6.63. The summed E-state index contributed by atoms with van der Waals surface area (Å²) in [5.41, 5.74) is 1.11. The highest BCUT2D eigenvalue weighted by Gasteiger charge is 2.31. The van der Waals surface area contributed by atoms with Gasteiger partial charge in [0.2, 0.25) is 0 Å². The Kier molecular flexibility index (Phi) is 7.52. The van der Waals surface area contributed by atoms with Crippen molar-refractivity contribution in [3.05, 3.63) is 29.8 Å². The number of ether oxygens (including phenoxy) is 2. The number of benzene rings is 1. The third-order valence-corrected chi connectivity index (χ3v) is 4.81. The molecule has 1 saturated heterocycles. The van der Waals surface area contributed by atoms with Crippen LogP contribution >= 0.6 is 0 Å². The number of hydrogen-bond acceptors (Lipinski definition) is 4. The van der Waals surface area contributed by atoms with Gasteiger partial charge in [-0.15, -0.1) is 0 Å². The molecular formula is C19H31N3O3. The SMILES string of the molecule is COCCN1C(C)CN(C(=O)NCCc2ccccc2OC)CC1C. The van der Waals surface area contributed by atoms with Crippen molar-refractivity contribution in [1.82, 2.24) is 15.1 Å². The van der Waals surface area contributed by atoms with E-state index < -0.39 is 0 Å². The lowest BCUT2D eigenvalue weighted by Crippen LogP contribution is -2.60. The van der Waals surface area contributed by atoms with Crippen molar-refractivity contribution in [2.24, 2.45) is 0 Å². The molecule has 6 nitrogen and oxygen atoms in total. The van der Waals surface area contributed by atoms with Crippen molar-refractivity contribution in [2.75, 3.05) is 47.0 Å². The molecular weight excluding hydrogens is 318 g/mol. The van der Waals surface area contributed by atoms with Crippen molar-refractivity contribution in [3.63, 3.8) is 0 Å². The van der Waals surface area contributed by atoms with E-state index in [2.05, 4.69) is 24.1 Å². The lowest BCUT2D eigenvalue weighted by atomic mass is 10.1. The van der Waals surface area contributed by atoms with Crippen LogP contribution in [0.2, 0.25) is 0 Å². The molecule has 25 heavy (non-hydrogen) atoms. The topological polar surface area (TPSA) is 54.0 Å². The van der Waals surface area contributed by atoms with Gasteiger partial charge in [0.05, 0.1) is 13.7 Å². The number of amides is 2. The first-order valence-corrected chi connectivity index (χ1v) is 8.96. The lowest BCUT2D eigenvalue weighted by molar-refractivity contribution is 0.0349. The molecule has 0 spiro atoms. The van der Waals surface area contributed by atoms with E-state index >= 15 is 0 Å². The van der Waals surface area contributed by atoms with Gasteiger partial charge in [0.1, 0.15) is 5.75 Å². The first kappa shape index (κ1) is 19.5. The molecule has 2 unspecified atom stereocenters. The van der Waals surface area contributed by atoms with E-state index in [1.165, 1.54) is 0 Å². The molecule has 1 heterocycles. The molecule has 0 radical (unpaired) electrons. The number of rotatable bonds is 7. The molecule has 0 aromatic heterocycles. The summed E-state index contributed by atoms with van der Waals surface area (Å²) in [5.74, 6) is 0.866. The zero-order valence-corrected chi connectivity index (χ0v) is 15.8. The van der Waals surface area contributed by atoms with Gasteiger partial charge in [0.25, 0.3) is 0 Å². The van der Waals surface area contributed by atoms with E-state index in [1.807, 2.05) is 29.2 Å². The van der Waals surface area contributed by atoms with Crippen molar-refractivity contribution in [2.45, 2.75) is 32.4 Å². The molecule has 2 atom stereocenters. The predicted octanol–water partition coefficient (Wildman–Crippen LogP) is 1.99. The number of piperazine rings is 1. The normalized spacial score (nSPS) is 21.2. The second kappa shape index (κ2) is 9.63. The maximum Gasteiger partial charge on any atom is 0.317 e. The third kappa shape index (κ3) is 5.34. The lowest BCUT2D eigenvalue weighted by Gasteiger charge is -2.44. The van der Waals surface area contributed by atoms with Crippen LogP contribution in [0.15, 0.2) is 24.3 Å². The summed E-state index contributed by atoms with van der Waals surface area (Å²) in [6.07, 6.45) is 0.759. The van der Waals surface area contributed by atoms with Crippen molar-refractivity contribution in [1.29, 1.82) is 0 Å². The molecule has 140 valence electrons. The van der Waals surface area contributed by atoms with Crippen LogP contribution in [0.5, 0.6) is 5.75 Å². The number of methoxy groups -OCH3 is 2. The van der Waals surface area contributed by atoms with E-state index in [0.717, 1.165) is 44.0 Å². The summed E-state index contributed by atoms with van der Waals surface area (Å²) in [5, 5.41) is 3.04. The van der Waals surface area contributed by atoms with Crippen molar-refractivity contribution < 1.29 is 14.3 Å². The van der Waals surface area contributed by atoms with Crippen molar-refractivity contribution >= 4 is 6.03 Å². The van der Waals surface area contributed by atoms with Crippen LogP contribution in [0, 0.1) is 0 Å². The average molecular weight is 349 g/mol. The fourth-order valence-electron chi connectivity index (χ4n) is 3.49. The molecule has 1 aliphatic heterocycles. The summed E-state index contributed by atoms with van der Waals surface area (Å²) in [4.78, 5) is 16.8. The fourth-order valence-corrected chi connectivity index (χ4v) is 3.49. The summed E-state index contributed by atoms with van der Waals surface area (Å²) < 4.78 is 10.5. The Morgan fingerprint density at radius 1 is 1.20 bits per heavy atom. The summed E-state index contributed by atoms with van der Waals surface area (Å²) in [6, 6.07) is 8.59. The standard InChI is InChI=1S/C19H31N3O3/c1-15-13-21(14-16(2)22(15)11-12-24-3)19(23)20-10-9-17-7-5-6-8-18(17)25-4/h5-8,15-16H,9-14H2,1-4H3,(H,20,23). The number of hydrogen-bond donors (Lipinski definition) is 1. The van der Waals surface area contributed by atoms with Crippen LogP contribution in [-0.4, -0.2) is 74.9 Å². The van der Waals surface area contributed by atoms with Gasteiger partial charge in [-0.1, -0.05) is 18.2 Å². The number of para-hydroxylation sites is 1. The highest BCUT2D eigenvalue weighted by molar-refractivity contribution is 5.74. The van der Waals surface area contributed by atoms with Crippen LogP contribution in [0.1, 0.15) is 19.4 Å². The minimum absolute atomic E-state index is 0.0139. The van der Waals surface area contributed by atoms with E-state index in [4.69, 9.17) is 9.47 Å². The minimum Gasteiger partial charge on any atom is -0.496 e. The Bertz CT molecular complexity index is 540. The molecule has 1 aromatic carbocycles. The highest BCUT2D eigenvalue weighted by Crippen LogP contribution is 2.18. The van der Waals surface area contributed by atoms with Gasteiger partial charge in [-0.05, 0) is 31.9 Å². The third-order valence-electron chi connectivity index (χ3n) is 4.81. The Labute approximate surface area is 151 Å². The fraction of sp³-hybridized carbons (Fsp3) is 0.632. The molecule has 2 rings (SSSR count). The van der Waals surface area contributed by atoms with Crippen LogP contribution in [0.25, 0.3) is 0 Å². The number of nitrogens with one attached hydrogen (secondary N) is 1. The van der Waals surface area contributed by atoms with Crippen LogP contribution < -0.4 is 10.1 Å². The maximum atomic E-state index is 12.5. The van der Waals surface area contributed by atoms with E-state index in [0.29, 0.717) is 18.6 Å². The second-order valence-corrected chi connectivity index (χ2v) is 6.63. The van der Waals surface area contributed by atoms with Crippen molar-refractivity contribution in [3.8, 4) is 5.75 Å². The van der Waals surface area contributed by atoms with Gasteiger partial charge in [0.15, 0.2) is 0 Å². The first-order chi connectivity index (χ1) is 12.1. The van der Waals surface area contributed by atoms with Gasteiger partial charge in [-0.25, -0.2) is 4.79 Å². The molecule has 2 amide bonds. The van der Waals surface area contributed by atoms with Gasteiger partial charge < -0.3 is 19.7 Å². The number of carbonyl (C=O) groups excluding carboxylic acids is 1. The Hall–Kier alpha value is -1.79. The predicted molar refractivity (Wildman–Crippen MR) is 99.2 cm³/mol. The molecule has 1 N–H and O–H groups in total. The highest BCUT2D eigenvalue weighted by atomic mass is 16.5. The minimum atomic E-state index is 0.0139. The van der Waals surface area contributed by atoms with Crippen LogP contribution in [0.4, 0.5) is 4.79 Å². The van der Waals surface area contributed by atoms with Gasteiger partial charge in [-0.2, -0.15) is 0 Å².